The lowest BCUT2D eigenvalue weighted by molar-refractivity contribution is 0.0498. The van der Waals surface area contributed by atoms with Gasteiger partial charge in [-0.05, 0) is 71.0 Å². The number of benzene rings is 3. The predicted octanol–water partition coefficient (Wildman–Crippen LogP) is 7.01. The van der Waals surface area contributed by atoms with E-state index in [0.717, 1.165) is 30.9 Å². The molecule has 1 atom stereocenters. The first-order valence-corrected chi connectivity index (χ1v) is 14.1. The number of nitrogens with zero attached hydrogens (tertiary/aromatic N) is 2. The van der Waals surface area contributed by atoms with E-state index >= 15 is 0 Å². The molecule has 0 N–H and O–H groups in total. The van der Waals surface area contributed by atoms with Crippen LogP contribution < -0.4 is 15.2 Å². The van der Waals surface area contributed by atoms with Crippen LogP contribution in [0.2, 0.25) is 0 Å². The monoisotopic (exact) mass is 550 g/mol. The molecule has 0 amide bonds. The van der Waals surface area contributed by atoms with E-state index in [1.807, 2.05) is 0 Å². The van der Waals surface area contributed by atoms with E-state index in [-0.39, 0.29) is 28.4 Å². The molecule has 0 aromatic heterocycles. The average molecular weight is 551 g/mol. The van der Waals surface area contributed by atoms with Gasteiger partial charge in [0.15, 0.2) is 0 Å². The Labute approximate surface area is 241 Å². The SMILES string of the molecule is CCCCCCOC(=O)c1ccc(OC2=c3c(-c4cccc(F)c4)c(C#N)c(C#N)cc3=CC(C(C)(C)C)C2)cc1. The predicted molar refractivity (Wildman–Crippen MR) is 157 cm³/mol. The van der Waals surface area contributed by atoms with Gasteiger partial charge in [-0.3, -0.25) is 0 Å². The molecule has 41 heavy (non-hydrogen) atoms. The van der Waals surface area contributed by atoms with Crippen molar-refractivity contribution in [2.24, 2.45) is 11.3 Å². The van der Waals surface area contributed by atoms with Crippen molar-refractivity contribution in [2.75, 3.05) is 6.61 Å². The molecule has 5 nitrogen and oxygen atoms in total. The summed E-state index contributed by atoms with van der Waals surface area (Å²) in [6.45, 7) is 8.95. The molecular weight excluding hydrogens is 515 g/mol. The highest BCUT2D eigenvalue weighted by Gasteiger charge is 2.29. The van der Waals surface area contributed by atoms with Crippen molar-refractivity contribution >= 4 is 17.8 Å². The van der Waals surface area contributed by atoms with Gasteiger partial charge >= 0.3 is 5.97 Å². The maximum atomic E-state index is 14.4. The molecule has 3 aromatic rings. The maximum absolute atomic E-state index is 14.4. The molecule has 1 aliphatic rings. The van der Waals surface area contributed by atoms with E-state index < -0.39 is 5.82 Å². The van der Waals surface area contributed by atoms with Gasteiger partial charge < -0.3 is 9.47 Å². The first kappa shape index (κ1) is 29.6. The Hall–Kier alpha value is -4.42. The van der Waals surface area contributed by atoms with Crippen LogP contribution in [0.15, 0.2) is 54.6 Å². The minimum atomic E-state index is -0.440. The van der Waals surface area contributed by atoms with Crippen molar-refractivity contribution in [3.05, 3.63) is 87.5 Å². The number of fused-ring (bicyclic) bond motifs is 1. The van der Waals surface area contributed by atoms with Gasteiger partial charge in [0.1, 0.15) is 29.5 Å². The molecule has 0 aliphatic heterocycles. The average Bonchev–Trinajstić information content (AvgIpc) is 2.95. The standard InChI is InChI=1S/C35H35FN2O3/c1-5-6-7-8-16-40-34(39)23-12-14-29(15-13-23)41-31-20-27(35(2,3)4)18-25-17-26(21-37)30(22-38)32(33(25)31)24-10-9-11-28(36)19-24/h9-15,17-19,27H,5-8,16,20H2,1-4H3. The number of hydrogen-bond acceptors (Lipinski definition) is 5. The zero-order valence-corrected chi connectivity index (χ0v) is 24.1. The third-order valence-electron chi connectivity index (χ3n) is 7.44. The number of rotatable bonds is 9. The van der Waals surface area contributed by atoms with Crippen molar-refractivity contribution < 1.29 is 18.7 Å². The number of carbonyl (C=O) groups excluding carboxylic acids is 1. The number of halogens is 1. The van der Waals surface area contributed by atoms with E-state index in [1.54, 1.807) is 42.5 Å². The first-order chi connectivity index (χ1) is 19.7. The highest BCUT2D eigenvalue weighted by molar-refractivity contribution is 5.89. The molecule has 0 heterocycles. The van der Waals surface area contributed by atoms with E-state index in [4.69, 9.17) is 9.47 Å². The molecule has 0 spiro atoms. The maximum Gasteiger partial charge on any atom is 0.338 e. The highest BCUT2D eigenvalue weighted by atomic mass is 19.1. The Bertz CT molecular complexity index is 1640. The second-order valence-electron chi connectivity index (χ2n) is 11.5. The number of nitriles is 2. The van der Waals surface area contributed by atoms with Crippen molar-refractivity contribution in [3.63, 3.8) is 0 Å². The Kier molecular flexibility index (Phi) is 9.25. The number of hydrogen-bond donors (Lipinski definition) is 0. The van der Waals surface area contributed by atoms with E-state index in [2.05, 4.69) is 45.9 Å². The molecule has 1 aliphatic carbocycles. The van der Waals surface area contributed by atoms with Crippen molar-refractivity contribution in [2.45, 2.75) is 59.8 Å². The lowest BCUT2D eigenvalue weighted by atomic mass is 9.75. The van der Waals surface area contributed by atoms with Crippen molar-refractivity contribution in [1.29, 1.82) is 10.5 Å². The Morgan fingerprint density at radius 3 is 2.41 bits per heavy atom. The van der Waals surface area contributed by atoms with Crippen molar-refractivity contribution in [1.82, 2.24) is 0 Å². The van der Waals surface area contributed by atoms with E-state index in [9.17, 15) is 19.7 Å². The molecule has 0 bridgehead atoms. The molecule has 6 heteroatoms. The number of esters is 1. The highest BCUT2D eigenvalue weighted by Crippen LogP contribution is 2.35. The summed E-state index contributed by atoms with van der Waals surface area (Å²) in [5.41, 5.74) is 1.70. The summed E-state index contributed by atoms with van der Waals surface area (Å²) in [7, 11) is 0. The number of unbranched alkanes of at least 4 members (excludes halogenated alkanes) is 3. The van der Waals surface area contributed by atoms with Gasteiger partial charge in [-0.25, -0.2) is 9.18 Å². The van der Waals surface area contributed by atoms with Crippen molar-refractivity contribution in [3.8, 4) is 29.0 Å². The van der Waals surface area contributed by atoms with Gasteiger partial charge in [0, 0.05) is 17.2 Å². The normalized spacial score (nSPS) is 14.3. The third-order valence-corrected chi connectivity index (χ3v) is 7.44. The summed E-state index contributed by atoms with van der Waals surface area (Å²) in [5.74, 6) is 0.404. The zero-order chi connectivity index (χ0) is 29.6. The van der Waals surface area contributed by atoms with E-state index in [1.165, 1.54) is 12.1 Å². The second kappa shape index (κ2) is 12.8. The summed E-state index contributed by atoms with van der Waals surface area (Å²) in [6, 6.07) is 18.9. The van der Waals surface area contributed by atoms with Crippen LogP contribution in [-0.4, -0.2) is 12.6 Å². The smallest absolute Gasteiger partial charge is 0.338 e. The lowest BCUT2D eigenvalue weighted by Gasteiger charge is -2.31. The first-order valence-electron chi connectivity index (χ1n) is 14.1. The molecule has 3 aromatic carbocycles. The molecular formula is C35H35FN2O3. The number of carbonyl (C=O) groups is 1. The summed E-state index contributed by atoms with van der Waals surface area (Å²) < 4.78 is 26.3. The van der Waals surface area contributed by atoms with Crippen LogP contribution in [0.3, 0.4) is 0 Å². The summed E-state index contributed by atoms with van der Waals surface area (Å²) in [6.07, 6.45) is 6.77. The van der Waals surface area contributed by atoms with Gasteiger partial charge in [0.05, 0.1) is 23.3 Å². The fourth-order valence-electron chi connectivity index (χ4n) is 5.08. The molecule has 0 radical (unpaired) electrons. The molecule has 4 rings (SSSR count). The van der Waals surface area contributed by atoms with E-state index in [0.29, 0.717) is 46.4 Å². The molecule has 0 saturated heterocycles. The van der Waals surface area contributed by atoms with Gasteiger partial charge in [0.25, 0.3) is 0 Å². The molecule has 0 saturated carbocycles. The molecule has 210 valence electrons. The second-order valence-corrected chi connectivity index (χ2v) is 11.5. The largest absolute Gasteiger partial charge is 0.462 e. The number of ether oxygens (including phenoxy) is 2. The van der Waals surface area contributed by atoms with Gasteiger partial charge in [-0.1, -0.05) is 65.2 Å². The Balaban J connectivity index is 1.80. The Morgan fingerprint density at radius 1 is 1.02 bits per heavy atom. The quantitative estimate of drug-likeness (QED) is 0.211. The minimum Gasteiger partial charge on any atom is -0.462 e. The molecule has 0 fully saturated rings. The van der Waals surface area contributed by atoms with Gasteiger partial charge in [-0.2, -0.15) is 10.5 Å². The summed E-state index contributed by atoms with van der Waals surface area (Å²) >= 11 is 0. The van der Waals surface area contributed by atoms with Crippen LogP contribution in [0.1, 0.15) is 81.3 Å². The van der Waals surface area contributed by atoms with Crippen LogP contribution in [0.4, 0.5) is 4.39 Å². The fourth-order valence-corrected chi connectivity index (χ4v) is 5.08. The third kappa shape index (κ3) is 6.84. The van der Waals surface area contributed by atoms with Crippen LogP contribution >= 0.6 is 0 Å². The lowest BCUT2D eigenvalue weighted by Crippen LogP contribution is -2.39. The summed E-state index contributed by atoms with van der Waals surface area (Å²) in [5, 5.41) is 21.4. The van der Waals surface area contributed by atoms with Crippen LogP contribution in [0.25, 0.3) is 23.0 Å². The zero-order valence-electron chi connectivity index (χ0n) is 24.1. The minimum absolute atomic E-state index is 0.0757. The van der Waals surface area contributed by atoms with Crippen LogP contribution in [0.5, 0.6) is 5.75 Å². The summed E-state index contributed by atoms with van der Waals surface area (Å²) in [4.78, 5) is 12.5. The van der Waals surface area contributed by atoms with Gasteiger partial charge in [-0.15, -0.1) is 0 Å². The molecule has 1 unspecified atom stereocenters. The Morgan fingerprint density at radius 2 is 1.78 bits per heavy atom. The van der Waals surface area contributed by atoms with Gasteiger partial charge in [0.2, 0.25) is 0 Å². The fraction of sp³-hybridized carbons (Fsp3) is 0.343. The topological polar surface area (TPSA) is 83.1 Å². The van der Waals surface area contributed by atoms with Crippen LogP contribution in [0, 0.1) is 39.8 Å². The van der Waals surface area contributed by atoms with Crippen LogP contribution in [-0.2, 0) is 4.74 Å².